The fraction of sp³-hybridized carbons (Fsp3) is 0.200. The van der Waals surface area contributed by atoms with Gasteiger partial charge in [-0.05, 0) is 48.9 Å². The summed E-state index contributed by atoms with van der Waals surface area (Å²) in [5.41, 5.74) is 6.08. The summed E-state index contributed by atoms with van der Waals surface area (Å²) in [4.78, 5) is 17.7. The number of carbonyl (C=O) groups is 1. The number of aryl methyl sites for hydroxylation is 1. The van der Waals surface area contributed by atoms with Crippen LogP contribution in [0.3, 0.4) is 0 Å². The van der Waals surface area contributed by atoms with Crippen LogP contribution in [0.4, 0.5) is 0 Å². The summed E-state index contributed by atoms with van der Waals surface area (Å²) in [5, 5.41) is 10.0. The molecule has 1 fully saturated rings. The molecule has 5 nitrogen and oxygen atoms in total. The van der Waals surface area contributed by atoms with Crippen molar-refractivity contribution < 1.29 is 14.3 Å². The van der Waals surface area contributed by atoms with Gasteiger partial charge < -0.3 is 9.52 Å². The minimum atomic E-state index is -0.701. The van der Waals surface area contributed by atoms with Gasteiger partial charge >= 0.3 is 5.97 Å². The predicted octanol–water partition coefficient (Wildman–Crippen LogP) is 4.99. The summed E-state index contributed by atoms with van der Waals surface area (Å²) in [7, 11) is 0. The van der Waals surface area contributed by atoms with Crippen molar-refractivity contribution in [1.82, 2.24) is 9.88 Å². The molecule has 0 aliphatic carbocycles. The zero-order chi connectivity index (χ0) is 20.7. The van der Waals surface area contributed by atoms with E-state index in [0.29, 0.717) is 13.1 Å². The van der Waals surface area contributed by atoms with Gasteiger partial charge in [-0.2, -0.15) is 0 Å². The number of fused-ring (bicyclic) bond motifs is 1. The molecule has 1 aliphatic rings. The largest absolute Gasteiger partial charge is 0.481 e. The Bertz CT molecular complexity index is 1220. The molecule has 0 radical (unpaired) electrons. The van der Waals surface area contributed by atoms with Gasteiger partial charge in [0.15, 0.2) is 0 Å². The average molecular weight is 398 g/mol. The Morgan fingerprint density at radius 1 is 1.07 bits per heavy atom. The molecular formula is C25H22N2O3. The molecular weight excluding hydrogens is 376 g/mol. The van der Waals surface area contributed by atoms with Crippen molar-refractivity contribution in [2.75, 3.05) is 13.1 Å². The molecule has 3 heterocycles. The van der Waals surface area contributed by atoms with Crippen LogP contribution in [0.2, 0.25) is 0 Å². The van der Waals surface area contributed by atoms with E-state index in [0.717, 1.165) is 45.8 Å². The lowest BCUT2D eigenvalue weighted by Crippen LogP contribution is -2.49. The van der Waals surface area contributed by atoms with Crippen LogP contribution in [0, 0.1) is 12.8 Å². The third kappa shape index (κ3) is 3.60. The van der Waals surface area contributed by atoms with Crippen LogP contribution >= 0.6 is 0 Å². The van der Waals surface area contributed by atoms with Crippen LogP contribution in [-0.4, -0.2) is 34.0 Å². The van der Waals surface area contributed by atoms with Crippen molar-refractivity contribution in [2.24, 2.45) is 5.92 Å². The Balaban J connectivity index is 1.34. The van der Waals surface area contributed by atoms with Crippen LogP contribution in [0.1, 0.15) is 11.3 Å². The van der Waals surface area contributed by atoms with E-state index in [4.69, 9.17) is 9.52 Å². The van der Waals surface area contributed by atoms with Crippen molar-refractivity contribution in [3.8, 4) is 22.6 Å². The summed E-state index contributed by atoms with van der Waals surface area (Å²) in [5.74, 6) is -0.0895. The summed E-state index contributed by atoms with van der Waals surface area (Å²) in [6.07, 6.45) is 0. The summed E-state index contributed by atoms with van der Waals surface area (Å²) in [6.45, 7) is 4.02. The summed E-state index contributed by atoms with van der Waals surface area (Å²) >= 11 is 0. The molecule has 0 saturated carbocycles. The van der Waals surface area contributed by atoms with Gasteiger partial charge in [0.1, 0.15) is 11.3 Å². The number of likely N-dealkylation sites (tertiary alicyclic amines) is 1. The maximum atomic E-state index is 10.9. The van der Waals surface area contributed by atoms with Gasteiger partial charge in [0, 0.05) is 41.8 Å². The number of rotatable bonds is 5. The zero-order valence-electron chi connectivity index (χ0n) is 16.7. The van der Waals surface area contributed by atoms with Gasteiger partial charge in [-0.3, -0.25) is 14.7 Å². The van der Waals surface area contributed by atoms with E-state index >= 15 is 0 Å². The Morgan fingerprint density at radius 3 is 2.57 bits per heavy atom. The second-order valence-corrected chi connectivity index (χ2v) is 7.95. The number of nitrogens with zero attached hydrogens (tertiary/aromatic N) is 2. The van der Waals surface area contributed by atoms with Crippen LogP contribution < -0.4 is 0 Å². The van der Waals surface area contributed by atoms with Gasteiger partial charge in [-0.15, -0.1) is 0 Å². The van der Waals surface area contributed by atoms with E-state index in [1.807, 2.05) is 37.3 Å². The number of aliphatic carboxylic acids is 1. The topological polar surface area (TPSA) is 66.6 Å². The molecule has 30 heavy (non-hydrogen) atoms. The standard InChI is InChI=1S/C25H22N2O3/c1-16-3-2-4-22(26-16)19-9-10-23-20(11-19)12-24(30-23)18-7-5-17(6-8-18)13-27-14-21(15-27)25(28)29/h2-12,21H,13-15H2,1H3,(H,28,29). The molecule has 1 N–H and O–H groups in total. The van der Waals surface area contributed by atoms with E-state index in [-0.39, 0.29) is 5.92 Å². The normalized spacial score (nSPS) is 14.7. The highest BCUT2D eigenvalue weighted by molar-refractivity contribution is 5.86. The number of aromatic nitrogens is 1. The van der Waals surface area contributed by atoms with Crippen LogP contribution in [0.15, 0.2) is 71.1 Å². The first-order valence-corrected chi connectivity index (χ1v) is 10.1. The van der Waals surface area contributed by atoms with Gasteiger partial charge in [0.25, 0.3) is 0 Å². The number of carboxylic acid groups (broad SMARTS) is 1. The van der Waals surface area contributed by atoms with E-state index in [9.17, 15) is 4.79 Å². The Morgan fingerprint density at radius 2 is 1.83 bits per heavy atom. The quantitative estimate of drug-likeness (QED) is 0.513. The second-order valence-electron chi connectivity index (χ2n) is 7.95. The highest BCUT2D eigenvalue weighted by atomic mass is 16.4. The number of carboxylic acids is 1. The summed E-state index contributed by atoms with van der Waals surface area (Å²) < 4.78 is 6.07. The van der Waals surface area contributed by atoms with Gasteiger partial charge in [0.05, 0.1) is 11.6 Å². The van der Waals surface area contributed by atoms with Gasteiger partial charge in [-0.25, -0.2) is 0 Å². The lowest BCUT2D eigenvalue weighted by Gasteiger charge is -2.36. The van der Waals surface area contributed by atoms with Gasteiger partial charge in [0.2, 0.25) is 0 Å². The molecule has 150 valence electrons. The molecule has 1 saturated heterocycles. The minimum absolute atomic E-state index is 0.222. The highest BCUT2D eigenvalue weighted by Crippen LogP contribution is 2.31. The Hall–Kier alpha value is -3.44. The molecule has 0 spiro atoms. The lowest BCUT2D eigenvalue weighted by molar-refractivity contribution is -0.147. The molecule has 0 atom stereocenters. The van der Waals surface area contributed by atoms with Crippen LogP contribution in [0.25, 0.3) is 33.6 Å². The molecule has 1 aliphatic heterocycles. The fourth-order valence-corrected chi connectivity index (χ4v) is 3.94. The van der Waals surface area contributed by atoms with Crippen LogP contribution in [0.5, 0.6) is 0 Å². The molecule has 0 unspecified atom stereocenters. The molecule has 2 aromatic heterocycles. The monoisotopic (exact) mass is 398 g/mol. The zero-order valence-corrected chi connectivity index (χ0v) is 16.7. The third-order valence-electron chi connectivity index (χ3n) is 5.65. The first-order valence-electron chi connectivity index (χ1n) is 10.1. The number of benzene rings is 2. The SMILES string of the molecule is Cc1cccc(-c2ccc3oc(-c4ccc(CN5CC(C(=O)O)C5)cc4)cc3c2)n1. The number of pyridine rings is 1. The van der Waals surface area contributed by atoms with E-state index in [2.05, 4.69) is 46.3 Å². The number of hydrogen-bond donors (Lipinski definition) is 1. The molecule has 5 heteroatoms. The molecule has 0 bridgehead atoms. The Kier molecular flexibility index (Phi) is 4.60. The molecule has 5 rings (SSSR count). The maximum absolute atomic E-state index is 10.9. The van der Waals surface area contributed by atoms with E-state index < -0.39 is 5.97 Å². The molecule has 4 aromatic rings. The van der Waals surface area contributed by atoms with E-state index in [1.54, 1.807) is 0 Å². The van der Waals surface area contributed by atoms with Crippen molar-refractivity contribution in [1.29, 1.82) is 0 Å². The molecule has 2 aromatic carbocycles. The minimum Gasteiger partial charge on any atom is -0.481 e. The van der Waals surface area contributed by atoms with Gasteiger partial charge in [-0.1, -0.05) is 30.3 Å². The lowest BCUT2D eigenvalue weighted by atomic mass is 9.99. The van der Waals surface area contributed by atoms with Crippen molar-refractivity contribution in [3.63, 3.8) is 0 Å². The highest BCUT2D eigenvalue weighted by Gasteiger charge is 2.32. The first-order chi connectivity index (χ1) is 14.5. The predicted molar refractivity (Wildman–Crippen MR) is 116 cm³/mol. The average Bonchev–Trinajstić information content (AvgIpc) is 3.14. The fourth-order valence-electron chi connectivity index (χ4n) is 3.94. The van der Waals surface area contributed by atoms with Crippen molar-refractivity contribution >= 4 is 16.9 Å². The van der Waals surface area contributed by atoms with Crippen molar-refractivity contribution in [2.45, 2.75) is 13.5 Å². The van der Waals surface area contributed by atoms with Crippen molar-refractivity contribution in [3.05, 3.63) is 78.0 Å². The summed E-state index contributed by atoms with van der Waals surface area (Å²) in [6, 6.07) is 22.5. The van der Waals surface area contributed by atoms with Crippen LogP contribution in [-0.2, 0) is 11.3 Å². The second kappa shape index (κ2) is 7.43. The molecule has 0 amide bonds. The number of hydrogen-bond acceptors (Lipinski definition) is 4. The number of furan rings is 1. The first kappa shape index (κ1) is 18.6. The smallest absolute Gasteiger partial charge is 0.309 e. The van der Waals surface area contributed by atoms with E-state index in [1.165, 1.54) is 5.56 Å². The Labute approximate surface area is 174 Å². The third-order valence-corrected chi connectivity index (χ3v) is 5.65. The maximum Gasteiger partial charge on any atom is 0.309 e.